The highest BCUT2D eigenvalue weighted by atomic mass is 15.2. The number of nitrogens with zero attached hydrogens (tertiary/aromatic N) is 1. The number of allylic oxidation sites excluding steroid dienone is 2. The van der Waals surface area contributed by atoms with Crippen LogP contribution in [0.15, 0.2) is 83.1 Å². The molecule has 0 fully saturated rings. The third kappa shape index (κ3) is 3.23. The molecule has 0 radical (unpaired) electrons. The van der Waals surface area contributed by atoms with E-state index in [2.05, 4.69) is 72.3 Å². The Hall–Kier alpha value is -3.01. The minimum atomic E-state index is -0.0944. The van der Waals surface area contributed by atoms with Crippen LogP contribution in [0.25, 0.3) is 0 Å². The van der Waals surface area contributed by atoms with Crippen LogP contribution in [0.5, 0.6) is 0 Å². The van der Waals surface area contributed by atoms with Crippen molar-refractivity contribution in [2.75, 3.05) is 11.9 Å². The first-order valence-electron chi connectivity index (χ1n) is 9.09. The van der Waals surface area contributed by atoms with Crippen molar-refractivity contribution >= 4 is 11.5 Å². The molecule has 0 bridgehead atoms. The summed E-state index contributed by atoms with van der Waals surface area (Å²) in [6.45, 7) is 5.19. The maximum absolute atomic E-state index is 4.97. The number of para-hydroxylation sites is 1. The van der Waals surface area contributed by atoms with Crippen LogP contribution in [0, 0.1) is 5.92 Å². The number of hydrogen-bond acceptors (Lipinski definition) is 4. The van der Waals surface area contributed by atoms with E-state index in [0.717, 1.165) is 34.9 Å². The summed E-state index contributed by atoms with van der Waals surface area (Å²) >= 11 is 0. The molecule has 2 heterocycles. The van der Waals surface area contributed by atoms with Gasteiger partial charge >= 0.3 is 0 Å². The molecule has 26 heavy (non-hydrogen) atoms. The highest BCUT2D eigenvalue weighted by molar-refractivity contribution is 6.05. The predicted octanol–water partition coefficient (Wildman–Crippen LogP) is 4.17. The predicted molar refractivity (Wildman–Crippen MR) is 108 cm³/mol. The first-order valence-corrected chi connectivity index (χ1v) is 9.09. The van der Waals surface area contributed by atoms with E-state index in [0.29, 0.717) is 5.92 Å². The van der Waals surface area contributed by atoms with Crippen LogP contribution in [-0.2, 0) is 0 Å². The monoisotopic (exact) mass is 344 g/mol. The lowest BCUT2D eigenvalue weighted by molar-refractivity contribution is 0.681. The molecule has 2 aromatic carbocycles. The Labute approximate surface area is 154 Å². The van der Waals surface area contributed by atoms with Gasteiger partial charge in [-0.05, 0) is 24.6 Å². The van der Waals surface area contributed by atoms with Gasteiger partial charge in [-0.3, -0.25) is 0 Å². The molecule has 0 aliphatic carbocycles. The second-order valence-electron chi connectivity index (χ2n) is 6.74. The molecule has 4 rings (SSSR count). The van der Waals surface area contributed by atoms with Crippen molar-refractivity contribution in [3.05, 3.63) is 89.3 Å². The highest BCUT2D eigenvalue weighted by Gasteiger charge is 2.22. The number of amidine groups is 1. The van der Waals surface area contributed by atoms with Crippen LogP contribution in [0.4, 0.5) is 5.69 Å². The molecule has 0 aromatic heterocycles. The van der Waals surface area contributed by atoms with Crippen LogP contribution in [0.3, 0.4) is 0 Å². The summed E-state index contributed by atoms with van der Waals surface area (Å²) < 4.78 is 0. The van der Waals surface area contributed by atoms with Crippen LogP contribution in [0.2, 0.25) is 0 Å². The number of anilines is 1. The van der Waals surface area contributed by atoms with E-state index < -0.39 is 0 Å². The fourth-order valence-corrected chi connectivity index (χ4v) is 3.50. The van der Waals surface area contributed by atoms with E-state index in [4.69, 9.17) is 4.99 Å². The molecule has 2 atom stereocenters. The highest BCUT2D eigenvalue weighted by Crippen LogP contribution is 2.29. The summed E-state index contributed by atoms with van der Waals surface area (Å²) in [5.41, 5.74) is 5.69. The quantitative estimate of drug-likeness (QED) is 0.717. The second kappa shape index (κ2) is 7.08. The van der Waals surface area contributed by atoms with E-state index in [1.165, 1.54) is 5.70 Å². The lowest BCUT2D eigenvalue weighted by Crippen LogP contribution is -2.33. The number of benzene rings is 2. The van der Waals surface area contributed by atoms with Crippen molar-refractivity contribution in [3.63, 3.8) is 0 Å². The lowest BCUT2D eigenvalue weighted by atomic mass is 10.0. The molecule has 2 unspecified atom stereocenters. The molecule has 3 N–H and O–H groups in total. The zero-order valence-electron chi connectivity index (χ0n) is 15.2. The smallest absolute Gasteiger partial charge is 0.147 e. The first kappa shape index (κ1) is 16.5. The van der Waals surface area contributed by atoms with Crippen LogP contribution < -0.4 is 16.0 Å². The Morgan fingerprint density at radius 1 is 1.08 bits per heavy atom. The molecular formula is C22H24N4. The Bertz CT molecular complexity index is 880. The Balaban J connectivity index is 1.70. The normalized spacial score (nSPS) is 23.2. The van der Waals surface area contributed by atoms with Crippen molar-refractivity contribution in [2.45, 2.75) is 20.0 Å². The topological polar surface area (TPSA) is 48.5 Å². The van der Waals surface area contributed by atoms with E-state index in [-0.39, 0.29) is 6.17 Å². The maximum Gasteiger partial charge on any atom is 0.147 e. The number of nitrogens with one attached hydrogen (secondary N) is 3. The molecule has 0 spiro atoms. The zero-order chi connectivity index (χ0) is 17.9. The third-order valence-electron chi connectivity index (χ3n) is 4.85. The standard InChI is InChI=1S/C22H24N4/c1-15-9-8-14-23-20(15)16(2)24-22-18-12-6-7-13-19(18)25-21(26-22)17-10-4-3-5-11-17/h3-13,15,21,23,25H,14H2,1-2H3,(H,24,26)/b20-16-. The van der Waals surface area contributed by atoms with Gasteiger partial charge in [0.25, 0.3) is 0 Å². The van der Waals surface area contributed by atoms with Gasteiger partial charge in [0.2, 0.25) is 0 Å². The Morgan fingerprint density at radius 2 is 1.85 bits per heavy atom. The van der Waals surface area contributed by atoms with Gasteiger partial charge < -0.3 is 16.0 Å². The molecule has 0 saturated carbocycles. The molecule has 0 amide bonds. The molecule has 2 aliphatic rings. The van der Waals surface area contributed by atoms with E-state index in [9.17, 15) is 0 Å². The fraction of sp³-hybridized carbons (Fsp3) is 0.227. The summed E-state index contributed by atoms with van der Waals surface area (Å²) in [7, 11) is 0. The van der Waals surface area contributed by atoms with E-state index in [1.807, 2.05) is 24.3 Å². The van der Waals surface area contributed by atoms with Crippen molar-refractivity contribution in [2.24, 2.45) is 10.9 Å². The van der Waals surface area contributed by atoms with Gasteiger partial charge in [0.1, 0.15) is 12.0 Å². The molecule has 0 saturated heterocycles. The lowest BCUT2D eigenvalue weighted by Gasteiger charge is -2.28. The number of rotatable bonds is 2. The van der Waals surface area contributed by atoms with Crippen LogP contribution in [-0.4, -0.2) is 12.4 Å². The van der Waals surface area contributed by atoms with Crippen LogP contribution >= 0.6 is 0 Å². The number of aliphatic imine (C=N–C) groups is 1. The Kier molecular flexibility index (Phi) is 4.48. The number of hydrogen-bond donors (Lipinski definition) is 3. The SMILES string of the molecule is C/C(NC1=NC(c2ccccc2)Nc2ccccc21)=C1/NCC=CC1C. The molecule has 4 heteroatoms. The van der Waals surface area contributed by atoms with Gasteiger partial charge in [0, 0.05) is 35.1 Å². The van der Waals surface area contributed by atoms with Gasteiger partial charge in [0.05, 0.1) is 0 Å². The molecular weight excluding hydrogens is 320 g/mol. The van der Waals surface area contributed by atoms with Gasteiger partial charge in [-0.1, -0.05) is 61.5 Å². The first-order chi connectivity index (χ1) is 12.7. The summed E-state index contributed by atoms with van der Waals surface area (Å²) in [5.74, 6) is 1.28. The zero-order valence-corrected chi connectivity index (χ0v) is 15.2. The summed E-state index contributed by atoms with van der Waals surface area (Å²) in [4.78, 5) is 4.97. The summed E-state index contributed by atoms with van der Waals surface area (Å²) in [6, 6.07) is 18.6. The average Bonchev–Trinajstić information content (AvgIpc) is 2.69. The maximum atomic E-state index is 4.97. The van der Waals surface area contributed by atoms with Gasteiger partial charge in [-0.2, -0.15) is 0 Å². The van der Waals surface area contributed by atoms with Crippen LogP contribution in [0.1, 0.15) is 31.1 Å². The fourth-order valence-electron chi connectivity index (χ4n) is 3.50. The van der Waals surface area contributed by atoms with E-state index in [1.54, 1.807) is 0 Å². The molecule has 2 aromatic rings. The molecule has 132 valence electrons. The molecule has 4 nitrogen and oxygen atoms in total. The van der Waals surface area contributed by atoms with Crippen molar-refractivity contribution < 1.29 is 0 Å². The summed E-state index contributed by atoms with van der Waals surface area (Å²) in [6.07, 6.45) is 4.31. The average molecular weight is 344 g/mol. The number of fused-ring (bicyclic) bond motifs is 1. The van der Waals surface area contributed by atoms with Crippen molar-refractivity contribution in [1.82, 2.24) is 10.6 Å². The second-order valence-corrected chi connectivity index (χ2v) is 6.74. The third-order valence-corrected chi connectivity index (χ3v) is 4.85. The van der Waals surface area contributed by atoms with E-state index >= 15 is 0 Å². The molecule has 2 aliphatic heterocycles. The van der Waals surface area contributed by atoms with Gasteiger partial charge in [0.15, 0.2) is 0 Å². The van der Waals surface area contributed by atoms with Gasteiger partial charge in [-0.15, -0.1) is 0 Å². The summed E-state index contributed by atoms with van der Waals surface area (Å²) in [5, 5.41) is 10.6. The minimum Gasteiger partial charge on any atom is -0.383 e. The minimum absolute atomic E-state index is 0.0944. The largest absolute Gasteiger partial charge is 0.383 e. The van der Waals surface area contributed by atoms with Gasteiger partial charge in [-0.25, -0.2) is 4.99 Å². The van der Waals surface area contributed by atoms with Crippen molar-refractivity contribution in [3.8, 4) is 0 Å². The Morgan fingerprint density at radius 3 is 2.65 bits per heavy atom. The van der Waals surface area contributed by atoms with Crippen molar-refractivity contribution in [1.29, 1.82) is 0 Å².